The lowest BCUT2D eigenvalue weighted by Gasteiger charge is -2.10. The Hall–Kier alpha value is -1.30. The average molecular weight is 237 g/mol. The van der Waals surface area contributed by atoms with E-state index < -0.39 is 17.9 Å². The number of alkyl halides is 3. The largest absolute Gasteiger partial charge is 0.573 e. The van der Waals surface area contributed by atoms with Crippen LogP contribution in [0.4, 0.5) is 17.6 Å². The summed E-state index contributed by atoms with van der Waals surface area (Å²) in [6, 6.07) is 3.40. The minimum Gasteiger partial charge on any atom is -0.403 e. The van der Waals surface area contributed by atoms with Gasteiger partial charge in [-0.15, -0.1) is 13.2 Å². The van der Waals surface area contributed by atoms with Gasteiger partial charge in [-0.2, -0.15) is 0 Å². The topological polar surface area (TPSA) is 35.2 Å². The quantitative estimate of drug-likeness (QED) is 0.817. The number of ether oxygens (including phenoxy) is 1. The van der Waals surface area contributed by atoms with Gasteiger partial charge in [0.15, 0.2) is 11.6 Å². The van der Waals surface area contributed by atoms with Crippen molar-refractivity contribution >= 4 is 0 Å². The minimum atomic E-state index is -4.88. The second-order valence-corrected chi connectivity index (χ2v) is 3.20. The Morgan fingerprint density at radius 3 is 2.50 bits per heavy atom. The minimum absolute atomic E-state index is 0.423. The summed E-state index contributed by atoms with van der Waals surface area (Å²) >= 11 is 0. The van der Waals surface area contributed by atoms with E-state index in [1.54, 1.807) is 0 Å². The molecule has 2 N–H and O–H groups in total. The van der Waals surface area contributed by atoms with Crippen molar-refractivity contribution in [3.05, 3.63) is 29.6 Å². The molecule has 0 spiro atoms. The maximum absolute atomic E-state index is 13.0. The van der Waals surface area contributed by atoms with E-state index in [1.807, 2.05) is 0 Å². The molecule has 0 amide bonds. The third kappa shape index (κ3) is 4.06. The number of aryl methyl sites for hydroxylation is 1. The first-order valence-corrected chi connectivity index (χ1v) is 4.66. The molecule has 0 heterocycles. The molecule has 0 aliphatic carbocycles. The molecular weight excluding hydrogens is 226 g/mol. The van der Waals surface area contributed by atoms with Gasteiger partial charge in [-0.25, -0.2) is 4.39 Å². The van der Waals surface area contributed by atoms with Crippen LogP contribution in [0.3, 0.4) is 0 Å². The molecule has 90 valence electrons. The fourth-order valence-corrected chi connectivity index (χ4v) is 1.21. The van der Waals surface area contributed by atoms with Crippen LogP contribution in [0, 0.1) is 5.82 Å². The van der Waals surface area contributed by atoms with Crippen molar-refractivity contribution in [1.82, 2.24) is 0 Å². The van der Waals surface area contributed by atoms with Crippen LogP contribution in [-0.2, 0) is 6.42 Å². The van der Waals surface area contributed by atoms with Crippen molar-refractivity contribution in [2.45, 2.75) is 19.2 Å². The third-order valence-electron chi connectivity index (χ3n) is 1.89. The predicted molar refractivity (Wildman–Crippen MR) is 50.5 cm³/mol. The van der Waals surface area contributed by atoms with Crippen molar-refractivity contribution in [2.24, 2.45) is 5.73 Å². The number of hydrogen-bond acceptors (Lipinski definition) is 2. The SMILES string of the molecule is NCCCc1ccc(F)c(OC(F)(F)F)c1. The van der Waals surface area contributed by atoms with Gasteiger partial charge < -0.3 is 10.5 Å². The molecular formula is C10H11F4NO. The van der Waals surface area contributed by atoms with Crippen LogP contribution in [0.2, 0.25) is 0 Å². The second-order valence-electron chi connectivity index (χ2n) is 3.20. The van der Waals surface area contributed by atoms with Gasteiger partial charge in [0.1, 0.15) is 0 Å². The highest BCUT2D eigenvalue weighted by Gasteiger charge is 2.32. The first-order chi connectivity index (χ1) is 7.42. The van der Waals surface area contributed by atoms with Crippen LogP contribution >= 0.6 is 0 Å². The Morgan fingerprint density at radius 1 is 1.25 bits per heavy atom. The number of halogens is 4. The fraction of sp³-hybridized carbons (Fsp3) is 0.400. The van der Waals surface area contributed by atoms with Crippen molar-refractivity contribution < 1.29 is 22.3 Å². The molecule has 6 heteroatoms. The van der Waals surface area contributed by atoms with E-state index in [4.69, 9.17) is 5.73 Å². The van der Waals surface area contributed by atoms with Gasteiger partial charge in [0.25, 0.3) is 0 Å². The summed E-state index contributed by atoms with van der Waals surface area (Å²) in [6.45, 7) is 0.423. The predicted octanol–water partition coefficient (Wildman–Crippen LogP) is 2.62. The lowest BCUT2D eigenvalue weighted by molar-refractivity contribution is -0.275. The summed E-state index contributed by atoms with van der Waals surface area (Å²) in [6.07, 6.45) is -3.77. The van der Waals surface area contributed by atoms with Gasteiger partial charge in [-0.3, -0.25) is 0 Å². The first-order valence-electron chi connectivity index (χ1n) is 4.66. The molecule has 1 aromatic carbocycles. The van der Waals surface area contributed by atoms with Crippen LogP contribution in [0.15, 0.2) is 18.2 Å². The van der Waals surface area contributed by atoms with Gasteiger partial charge in [0, 0.05) is 0 Å². The average Bonchev–Trinajstić information content (AvgIpc) is 2.17. The van der Waals surface area contributed by atoms with Gasteiger partial charge in [0.2, 0.25) is 0 Å². The highest BCUT2D eigenvalue weighted by Crippen LogP contribution is 2.26. The molecule has 2 nitrogen and oxygen atoms in total. The molecule has 0 saturated heterocycles. The van der Waals surface area contributed by atoms with E-state index in [0.717, 1.165) is 12.1 Å². The summed E-state index contributed by atoms with van der Waals surface area (Å²) < 4.78 is 52.2. The van der Waals surface area contributed by atoms with Gasteiger partial charge in [0.05, 0.1) is 0 Å². The Labute approximate surface area is 90.0 Å². The molecule has 0 saturated carbocycles. The van der Waals surface area contributed by atoms with E-state index in [-0.39, 0.29) is 0 Å². The smallest absolute Gasteiger partial charge is 0.403 e. The van der Waals surface area contributed by atoms with E-state index in [1.165, 1.54) is 6.07 Å². The molecule has 16 heavy (non-hydrogen) atoms. The standard InChI is InChI=1S/C10H11F4NO/c11-8-4-3-7(2-1-5-15)6-9(8)16-10(12,13)14/h3-4,6H,1-2,5,15H2. The summed E-state index contributed by atoms with van der Waals surface area (Å²) in [5.74, 6) is -1.84. The van der Waals surface area contributed by atoms with Crippen molar-refractivity contribution in [2.75, 3.05) is 6.54 Å². The molecule has 0 atom stereocenters. The Balaban J connectivity index is 2.82. The Bertz CT molecular complexity index is 351. The lowest BCUT2D eigenvalue weighted by Crippen LogP contribution is -2.18. The zero-order valence-corrected chi connectivity index (χ0v) is 8.35. The van der Waals surface area contributed by atoms with Crippen LogP contribution in [0.5, 0.6) is 5.75 Å². The van der Waals surface area contributed by atoms with Crippen LogP contribution in [0.25, 0.3) is 0 Å². The van der Waals surface area contributed by atoms with Gasteiger partial charge in [-0.1, -0.05) is 6.07 Å². The Kier molecular flexibility index (Phi) is 4.12. The molecule has 0 bridgehead atoms. The van der Waals surface area contributed by atoms with Crippen molar-refractivity contribution in [3.63, 3.8) is 0 Å². The zero-order chi connectivity index (χ0) is 12.2. The van der Waals surface area contributed by atoms with E-state index in [0.29, 0.717) is 24.9 Å². The summed E-state index contributed by atoms with van der Waals surface area (Å²) in [7, 11) is 0. The third-order valence-corrected chi connectivity index (χ3v) is 1.89. The monoisotopic (exact) mass is 237 g/mol. The molecule has 0 radical (unpaired) electrons. The van der Waals surface area contributed by atoms with Crippen molar-refractivity contribution in [3.8, 4) is 5.75 Å². The lowest BCUT2D eigenvalue weighted by atomic mass is 10.1. The highest BCUT2D eigenvalue weighted by atomic mass is 19.4. The summed E-state index contributed by atoms with van der Waals surface area (Å²) in [5, 5.41) is 0. The van der Waals surface area contributed by atoms with Gasteiger partial charge >= 0.3 is 6.36 Å². The normalized spacial score (nSPS) is 11.6. The molecule has 1 aromatic rings. The number of nitrogens with two attached hydrogens (primary N) is 1. The van der Waals surface area contributed by atoms with Crippen molar-refractivity contribution in [1.29, 1.82) is 0 Å². The number of rotatable bonds is 4. The van der Waals surface area contributed by atoms with Crippen LogP contribution < -0.4 is 10.5 Å². The molecule has 0 aliphatic rings. The first kappa shape index (κ1) is 12.8. The summed E-state index contributed by atoms with van der Waals surface area (Å²) in [5.41, 5.74) is 5.82. The van der Waals surface area contributed by atoms with Gasteiger partial charge in [-0.05, 0) is 37.1 Å². The zero-order valence-electron chi connectivity index (χ0n) is 8.35. The highest BCUT2D eigenvalue weighted by molar-refractivity contribution is 5.30. The maximum atomic E-state index is 13.0. The Morgan fingerprint density at radius 2 is 1.94 bits per heavy atom. The second kappa shape index (κ2) is 5.16. The van der Waals surface area contributed by atoms with E-state index >= 15 is 0 Å². The molecule has 0 fully saturated rings. The molecule has 0 unspecified atom stereocenters. The fourth-order valence-electron chi connectivity index (χ4n) is 1.21. The molecule has 0 aliphatic heterocycles. The van der Waals surface area contributed by atoms with E-state index in [9.17, 15) is 17.6 Å². The molecule has 0 aromatic heterocycles. The van der Waals surface area contributed by atoms with E-state index in [2.05, 4.69) is 4.74 Å². The van der Waals surface area contributed by atoms with Crippen LogP contribution in [-0.4, -0.2) is 12.9 Å². The van der Waals surface area contributed by atoms with Crippen LogP contribution in [0.1, 0.15) is 12.0 Å². The molecule has 1 rings (SSSR count). The number of hydrogen-bond donors (Lipinski definition) is 1. The summed E-state index contributed by atoms with van der Waals surface area (Å²) in [4.78, 5) is 0. The maximum Gasteiger partial charge on any atom is 0.573 e. The number of benzene rings is 1.